The van der Waals surface area contributed by atoms with Gasteiger partial charge in [-0.05, 0) is 5.56 Å². The van der Waals surface area contributed by atoms with Crippen LogP contribution in [-0.2, 0) is 30.5 Å². The van der Waals surface area contributed by atoms with Gasteiger partial charge in [0.05, 0.1) is 12.8 Å². The first kappa shape index (κ1) is 21.4. The highest BCUT2D eigenvalue weighted by molar-refractivity contribution is 5.92. The number of aliphatic carboxylic acids is 3. The second kappa shape index (κ2) is 10.4. The quantitative estimate of drug-likeness (QED) is 0.366. The molecule has 5 N–H and O–H groups in total. The summed E-state index contributed by atoms with van der Waals surface area (Å²) >= 11 is 0. The van der Waals surface area contributed by atoms with Crippen LogP contribution in [0.15, 0.2) is 30.3 Å². The average molecular weight is 382 g/mol. The van der Waals surface area contributed by atoms with Gasteiger partial charge in [-0.3, -0.25) is 14.4 Å². The first-order valence-electron chi connectivity index (χ1n) is 7.63. The summed E-state index contributed by atoms with van der Waals surface area (Å²) in [6.07, 6.45) is -2.87. The Bertz CT molecular complexity index is 705. The Morgan fingerprint density at radius 1 is 0.852 bits per heavy atom. The maximum absolute atomic E-state index is 12.1. The monoisotopic (exact) mass is 382 g/mol. The van der Waals surface area contributed by atoms with Crippen molar-refractivity contribution in [3.8, 4) is 0 Å². The van der Waals surface area contributed by atoms with Gasteiger partial charge in [-0.1, -0.05) is 30.3 Å². The minimum absolute atomic E-state index is 0.134. The van der Waals surface area contributed by atoms with Crippen molar-refractivity contribution in [3.05, 3.63) is 35.9 Å². The summed E-state index contributed by atoms with van der Waals surface area (Å²) in [5.41, 5.74) is 0.652. The molecule has 0 bridgehead atoms. The zero-order valence-corrected chi connectivity index (χ0v) is 14.0. The Balaban J connectivity index is 2.71. The number of alkyl carbamates (subject to hydrolysis) is 1. The number of benzene rings is 1. The van der Waals surface area contributed by atoms with Gasteiger partial charge in [-0.2, -0.15) is 0 Å². The largest absolute Gasteiger partial charge is 0.481 e. The van der Waals surface area contributed by atoms with Crippen LogP contribution in [0.4, 0.5) is 4.79 Å². The van der Waals surface area contributed by atoms with Crippen LogP contribution in [0.1, 0.15) is 18.4 Å². The summed E-state index contributed by atoms with van der Waals surface area (Å²) in [6, 6.07) is 5.11. The third kappa shape index (κ3) is 8.34. The number of ether oxygens (including phenoxy) is 1. The molecule has 1 aromatic carbocycles. The van der Waals surface area contributed by atoms with E-state index in [1.165, 1.54) is 0 Å². The number of carbonyl (C=O) groups excluding carboxylic acids is 2. The molecule has 2 amide bonds. The molecular weight excluding hydrogens is 364 g/mol. The molecule has 2 atom stereocenters. The maximum Gasteiger partial charge on any atom is 0.408 e. The Morgan fingerprint density at radius 2 is 1.41 bits per heavy atom. The van der Waals surface area contributed by atoms with Crippen molar-refractivity contribution in [2.45, 2.75) is 31.5 Å². The van der Waals surface area contributed by atoms with Crippen LogP contribution in [0.2, 0.25) is 0 Å². The molecule has 0 spiro atoms. The van der Waals surface area contributed by atoms with Crippen molar-refractivity contribution in [1.29, 1.82) is 0 Å². The molecule has 0 fully saturated rings. The highest BCUT2D eigenvalue weighted by atomic mass is 16.5. The van der Waals surface area contributed by atoms with Gasteiger partial charge < -0.3 is 30.7 Å². The minimum atomic E-state index is -1.78. The molecular formula is C16H18N2O9. The van der Waals surface area contributed by atoms with Crippen LogP contribution in [0, 0.1) is 0 Å². The van der Waals surface area contributed by atoms with Crippen LogP contribution in [-0.4, -0.2) is 57.3 Å². The Labute approximate surface area is 152 Å². The maximum atomic E-state index is 12.1. The minimum Gasteiger partial charge on any atom is -0.481 e. The van der Waals surface area contributed by atoms with E-state index < -0.39 is 54.8 Å². The molecule has 11 heteroatoms. The number of carboxylic acid groups (broad SMARTS) is 3. The van der Waals surface area contributed by atoms with Gasteiger partial charge in [0.2, 0.25) is 5.91 Å². The molecule has 0 saturated heterocycles. The Hall–Kier alpha value is -3.63. The molecule has 11 nitrogen and oxygen atoms in total. The first-order chi connectivity index (χ1) is 12.7. The third-order valence-corrected chi connectivity index (χ3v) is 3.19. The zero-order chi connectivity index (χ0) is 20.4. The van der Waals surface area contributed by atoms with Crippen LogP contribution in [0.5, 0.6) is 0 Å². The average Bonchev–Trinajstić information content (AvgIpc) is 2.58. The van der Waals surface area contributed by atoms with Crippen LogP contribution in [0.3, 0.4) is 0 Å². The van der Waals surface area contributed by atoms with Gasteiger partial charge in [0, 0.05) is 0 Å². The smallest absolute Gasteiger partial charge is 0.408 e. The van der Waals surface area contributed by atoms with Crippen molar-refractivity contribution >= 4 is 29.9 Å². The van der Waals surface area contributed by atoms with E-state index in [0.717, 1.165) is 0 Å². The molecule has 0 aliphatic rings. The fraction of sp³-hybridized carbons (Fsp3) is 0.312. The fourth-order valence-corrected chi connectivity index (χ4v) is 1.94. The lowest BCUT2D eigenvalue weighted by Crippen LogP contribution is -2.52. The molecule has 0 saturated carbocycles. The summed E-state index contributed by atoms with van der Waals surface area (Å²) in [6.45, 7) is -0.134. The number of nitrogens with one attached hydrogen (secondary N) is 2. The molecule has 0 heterocycles. The summed E-state index contributed by atoms with van der Waals surface area (Å²) in [4.78, 5) is 56.4. The van der Waals surface area contributed by atoms with Gasteiger partial charge in [0.25, 0.3) is 0 Å². The molecule has 0 aliphatic heterocycles. The van der Waals surface area contributed by atoms with E-state index in [1.807, 2.05) is 10.6 Å². The fourth-order valence-electron chi connectivity index (χ4n) is 1.94. The van der Waals surface area contributed by atoms with E-state index >= 15 is 0 Å². The number of hydrogen-bond acceptors (Lipinski definition) is 6. The van der Waals surface area contributed by atoms with E-state index in [9.17, 15) is 24.0 Å². The van der Waals surface area contributed by atoms with Crippen molar-refractivity contribution in [1.82, 2.24) is 10.6 Å². The molecule has 0 aromatic heterocycles. The second-order valence-corrected chi connectivity index (χ2v) is 5.35. The Kier molecular flexibility index (Phi) is 8.23. The van der Waals surface area contributed by atoms with Crippen LogP contribution in [0.25, 0.3) is 0 Å². The number of amides is 2. The van der Waals surface area contributed by atoms with Crippen molar-refractivity contribution in [2.75, 3.05) is 0 Å². The third-order valence-electron chi connectivity index (χ3n) is 3.19. The number of carbonyl (C=O) groups is 5. The summed E-state index contributed by atoms with van der Waals surface area (Å²) in [7, 11) is 0. The van der Waals surface area contributed by atoms with E-state index in [2.05, 4.69) is 0 Å². The van der Waals surface area contributed by atoms with Gasteiger partial charge in [-0.25, -0.2) is 9.59 Å². The van der Waals surface area contributed by atoms with Crippen molar-refractivity contribution < 1.29 is 44.0 Å². The first-order valence-corrected chi connectivity index (χ1v) is 7.63. The standard InChI is InChI=1S/C16H18N2O9/c19-12(20)6-10(14(23)17-11(15(24)25)7-13(21)22)18-16(26)27-8-9-4-2-1-3-5-9/h1-5,10-11H,6-8H2,(H,17,23)(H,18,26)(H,19,20)(H,21,22)(H,24,25)/t10-,11-/m0/s1. The summed E-state index contributed by atoms with van der Waals surface area (Å²) in [5.74, 6) is -5.70. The lowest BCUT2D eigenvalue weighted by Gasteiger charge is -2.19. The molecule has 0 radical (unpaired) electrons. The second-order valence-electron chi connectivity index (χ2n) is 5.35. The number of hydrogen-bond donors (Lipinski definition) is 5. The van der Waals surface area contributed by atoms with Gasteiger partial charge in [0.15, 0.2) is 0 Å². The normalized spacial score (nSPS) is 12.3. The molecule has 146 valence electrons. The molecule has 1 rings (SSSR count). The van der Waals surface area contributed by atoms with Gasteiger partial charge >= 0.3 is 24.0 Å². The zero-order valence-electron chi connectivity index (χ0n) is 14.0. The van der Waals surface area contributed by atoms with Crippen LogP contribution >= 0.6 is 0 Å². The van der Waals surface area contributed by atoms with E-state index in [4.69, 9.17) is 20.1 Å². The highest BCUT2D eigenvalue weighted by Crippen LogP contribution is 2.02. The topological polar surface area (TPSA) is 179 Å². The SMILES string of the molecule is O=C(O)C[C@H](NC(=O)[C@H](CC(=O)O)NC(=O)OCc1ccccc1)C(=O)O. The lowest BCUT2D eigenvalue weighted by atomic mass is 10.1. The predicted octanol–water partition coefficient (Wildman–Crippen LogP) is -0.200. The summed E-state index contributed by atoms with van der Waals surface area (Å²) < 4.78 is 4.87. The predicted molar refractivity (Wildman–Crippen MR) is 87.6 cm³/mol. The molecule has 0 unspecified atom stereocenters. The van der Waals surface area contributed by atoms with E-state index in [0.29, 0.717) is 5.56 Å². The van der Waals surface area contributed by atoms with E-state index in [1.54, 1.807) is 30.3 Å². The molecule has 27 heavy (non-hydrogen) atoms. The van der Waals surface area contributed by atoms with E-state index in [-0.39, 0.29) is 6.61 Å². The van der Waals surface area contributed by atoms with Crippen molar-refractivity contribution in [3.63, 3.8) is 0 Å². The molecule has 0 aliphatic carbocycles. The number of rotatable bonds is 10. The lowest BCUT2D eigenvalue weighted by molar-refractivity contribution is -0.147. The number of carboxylic acids is 3. The van der Waals surface area contributed by atoms with Crippen LogP contribution < -0.4 is 10.6 Å². The van der Waals surface area contributed by atoms with Gasteiger partial charge in [0.1, 0.15) is 18.7 Å². The highest BCUT2D eigenvalue weighted by Gasteiger charge is 2.29. The van der Waals surface area contributed by atoms with Crippen molar-refractivity contribution in [2.24, 2.45) is 0 Å². The molecule has 1 aromatic rings. The summed E-state index contributed by atoms with van der Waals surface area (Å²) in [5, 5.41) is 30.3. The Morgan fingerprint density at radius 3 is 1.93 bits per heavy atom. The van der Waals surface area contributed by atoms with Gasteiger partial charge in [-0.15, -0.1) is 0 Å².